The summed E-state index contributed by atoms with van der Waals surface area (Å²) in [5.74, 6) is 0. The van der Waals surface area contributed by atoms with Gasteiger partial charge in [0.1, 0.15) is 0 Å². The molecule has 1 rings (SSSR count). The number of aliphatic hydroxyl groups is 3. The third kappa shape index (κ3) is 2.19. The minimum absolute atomic E-state index is 0. The van der Waals surface area contributed by atoms with Crippen LogP contribution in [0.25, 0.3) is 0 Å². The summed E-state index contributed by atoms with van der Waals surface area (Å²) in [4.78, 5) is 0. The summed E-state index contributed by atoms with van der Waals surface area (Å²) in [6, 6.07) is 0. The van der Waals surface area contributed by atoms with E-state index in [4.69, 9.17) is 15.3 Å². The van der Waals surface area contributed by atoms with Crippen LogP contribution in [0.15, 0.2) is 0 Å². The van der Waals surface area contributed by atoms with Crippen LogP contribution in [0, 0.1) is 37.7 Å². The predicted octanol–water partition coefficient (Wildman–Crippen LogP) is -1.74. The Labute approximate surface area is 82.6 Å². The van der Waals surface area contributed by atoms with E-state index in [1.165, 1.54) is 0 Å². The van der Waals surface area contributed by atoms with E-state index in [0.29, 0.717) is 0 Å². The molecule has 5 heteroatoms. The molecule has 58 valence electrons. The van der Waals surface area contributed by atoms with Crippen molar-refractivity contribution in [2.24, 2.45) is 0 Å². The van der Waals surface area contributed by atoms with Gasteiger partial charge in [-0.05, 0) is 6.10 Å². The van der Waals surface area contributed by atoms with Crippen molar-refractivity contribution in [3.05, 3.63) is 6.61 Å². The SMILES string of the molecule is OC[C@H]1O[CH-][C@H](O)[C@@H]1O.[U]. The molecule has 0 amide bonds. The zero-order valence-corrected chi connectivity index (χ0v) is 9.43. The smallest absolute Gasteiger partial charge is 0.0794 e. The third-order valence-corrected chi connectivity index (χ3v) is 1.30. The zero-order chi connectivity index (χ0) is 6.85. The molecule has 1 aliphatic rings. The molecule has 10 heavy (non-hydrogen) atoms. The first-order valence-corrected chi connectivity index (χ1v) is 2.71. The van der Waals surface area contributed by atoms with Crippen molar-refractivity contribution in [3.63, 3.8) is 0 Å². The fourth-order valence-electron chi connectivity index (χ4n) is 0.713. The Kier molecular flexibility index (Phi) is 5.13. The van der Waals surface area contributed by atoms with E-state index in [-0.39, 0.29) is 37.7 Å². The monoisotopic (exact) mass is 371 g/mol. The summed E-state index contributed by atoms with van der Waals surface area (Å²) in [5, 5.41) is 26.1. The molecule has 3 N–H and O–H groups in total. The Morgan fingerprint density at radius 2 is 2.00 bits per heavy atom. The van der Waals surface area contributed by atoms with Crippen LogP contribution in [0.3, 0.4) is 0 Å². The summed E-state index contributed by atoms with van der Waals surface area (Å²) in [5.41, 5.74) is 0. The average Bonchev–Trinajstić information content (AvgIpc) is 2.15. The maximum Gasteiger partial charge on any atom is 0.0794 e. The first-order valence-electron chi connectivity index (χ1n) is 2.71. The Morgan fingerprint density at radius 3 is 2.20 bits per heavy atom. The van der Waals surface area contributed by atoms with E-state index in [0.717, 1.165) is 6.61 Å². The molecular weight excluding hydrogens is 362 g/mol. The minimum Gasteiger partial charge on any atom is -0.544 e. The van der Waals surface area contributed by atoms with Gasteiger partial charge < -0.3 is 20.1 Å². The van der Waals surface area contributed by atoms with Crippen LogP contribution in [0.2, 0.25) is 0 Å². The molecule has 1 saturated heterocycles. The molecule has 3 atom stereocenters. The number of rotatable bonds is 1. The minimum atomic E-state index is -0.977. The molecule has 0 unspecified atom stereocenters. The van der Waals surface area contributed by atoms with Gasteiger partial charge in [0.25, 0.3) is 0 Å². The van der Waals surface area contributed by atoms with E-state index >= 15 is 0 Å². The van der Waals surface area contributed by atoms with Crippen LogP contribution in [0.4, 0.5) is 0 Å². The molecule has 1 fully saturated rings. The number of hydrogen-bond acceptors (Lipinski definition) is 4. The molecular formula is C5H9O4U-. The average molecular weight is 371 g/mol. The van der Waals surface area contributed by atoms with Gasteiger partial charge in [0.2, 0.25) is 0 Å². The van der Waals surface area contributed by atoms with Gasteiger partial charge in [-0.1, -0.05) is 0 Å². The second kappa shape index (κ2) is 4.71. The maximum absolute atomic E-state index is 8.89. The second-order valence-electron chi connectivity index (χ2n) is 1.97. The molecule has 4 nitrogen and oxygen atoms in total. The van der Waals surface area contributed by atoms with Crippen molar-refractivity contribution in [1.82, 2.24) is 0 Å². The predicted molar refractivity (Wildman–Crippen MR) is 28.3 cm³/mol. The summed E-state index contributed by atoms with van der Waals surface area (Å²) in [7, 11) is 0. The van der Waals surface area contributed by atoms with E-state index in [9.17, 15) is 0 Å². The van der Waals surface area contributed by atoms with Gasteiger partial charge in [0, 0.05) is 31.1 Å². The van der Waals surface area contributed by atoms with E-state index in [1.54, 1.807) is 0 Å². The summed E-state index contributed by atoms with van der Waals surface area (Å²) < 4.78 is 4.65. The Hall–Kier alpha value is 0.892. The van der Waals surface area contributed by atoms with Gasteiger partial charge in [-0.2, -0.15) is 6.61 Å². The topological polar surface area (TPSA) is 69.9 Å². The number of ether oxygens (including phenoxy) is 1. The summed E-state index contributed by atoms with van der Waals surface area (Å²) in [6.45, 7) is 0.848. The van der Waals surface area contributed by atoms with Gasteiger partial charge in [-0.3, -0.25) is 0 Å². The van der Waals surface area contributed by atoms with Crippen molar-refractivity contribution in [3.8, 4) is 0 Å². The molecule has 0 bridgehead atoms. The van der Waals surface area contributed by atoms with Gasteiger partial charge >= 0.3 is 0 Å². The summed E-state index contributed by atoms with van der Waals surface area (Å²) in [6.07, 6.45) is -2.59. The van der Waals surface area contributed by atoms with Crippen molar-refractivity contribution < 1.29 is 51.2 Å². The van der Waals surface area contributed by atoms with Crippen LogP contribution in [0.1, 0.15) is 0 Å². The second-order valence-corrected chi connectivity index (χ2v) is 1.97. The van der Waals surface area contributed by atoms with Crippen LogP contribution in [0.5, 0.6) is 0 Å². The number of hydrogen-bond donors (Lipinski definition) is 3. The van der Waals surface area contributed by atoms with Crippen LogP contribution in [-0.4, -0.2) is 40.2 Å². The van der Waals surface area contributed by atoms with E-state index in [2.05, 4.69) is 4.74 Å². The van der Waals surface area contributed by atoms with Gasteiger partial charge in [-0.15, -0.1) is 0 Å². The molecule has 0 saturated carbocycles. The normalized spacial score (nSPS) is 39.3. The van der Waals surface area contributed by atoms with E-state index in [1.807, 2.05) is 0 Å². The van der Waals surface area contributed by atoms with Crippen molar-refractivity contribution >= 4 is 0 Å². The molecule has 1 heterocycles. The Morgan fingerprint density at radius 1 is 1.40 bits per heavy atom. The molecule has 0 aliphatic carbocycles. The van der Waals surface area contributed by atoms with Gasteiger partial charge in [0.05, 0.1) is 18.8 Å². The molecule has 0 aromatic heterocycles. The zero-order valence-electron chi connectivity index (χ0n) is 5.27. The quantitative estimate of drug-likeness (QED) is 0.479. The molecule has 0 aromatic carbocycles. The largest absolute Gasteiger partial charge is 0.544 e. The summed E-state index contributed by atoms with van der Waals surface area (Å²) >= 11 is 0. The van der Waals surface area contributed by atoms with Crippen LogP contribution >= 0.6 is 0 Å². The van der Waals surface area contributed by atoms with Crippen LogP contribution in [-0.2, 0) is 4.74 Å². The fraction of sp³-hybridized carbons (Fsp3) is 0.800. The Balaban J connectivity index is 0.000000810. The Bertz CT molecular complexity index is 99.6. The third-order valence-electron chi connectivity index (χ3n) is 1.30. The van der Waals surface area contributed by atoms with E-state index < -0.39 is 18.3 Å². The first kappa shape index (κ1) is 10.9. The standard InChI is InChI=1S/C5H9O4.U/c6-1-4-5(8)3(7)2-9-4;/h2-8H,1H2;/q-1;/t3-,4+,5-;/m0./s1. The molecule has 1 aliphatic heterocycles. The van der Waals surface area contributed by atoms with Crippen LogP contribution < -0.4 is 0 Å². The number of aliphatic hydroxyl groups excluding tert-OH is 3. The molecule has 0 radical (unpaired) electrons. The fourth-order valence-corrected chi connectivity index (χ4v) is 0.713. The molecule has 0 spiro atoms. The van der Waals surface area contributed by atoms with Gasteiger partial charge in [0.15, 0.2) is 0 Å². The first-order chi connectivity index (χ1) is 4.25. The van der Waals surface area contributed by atoms with Crippen molar-refractivity contribution in [2.75, 3.05) is 6.61 Å². The van der Waals surface area contributed by atoms with Gasteiger partial charge in [-0.25, -0.2) is 0 Å². The molecule has 0 aromatic rings. The maximum atomic E-state index is 8.89. The van der Waals surface area contributed by atoms with Crippen molar-refractivity contribution in [2.45, 2.75) is 18.3 Å². The van der Waals surface area contributed by atoms with Crippen molar-refractivity contribution in [1.29, 1.82) is 0 Å².